The number of hydrogen-bond acceptors (Lipinski definition) is 4. The maximum Gasteiger partial charge on any atom is 0.257 e. The fraction of sp³-hybridized carbons (Fsp3) is 0.559. The fourth-order valence-electron chi connectivity index (χ4n) is 6.66. The van der Waals surface area contributed by atoms with Crippen LogP contribution < -0.4 is 10.1 Å². The van der Waals surface area contributed by atoms with Gasteiger partial charge in [0.15, 0.2) is 6.61 Å². The van der Waals surface area contributed by atoms with Crippen LogP contribution in [-0.4, -0.2) is 51.5 Å². The minimum Gasteiger partial charge on any atom is -0.484 e. The molecule has 2 saturated carbocycles. The van der Waals surface area contributed by atoms with E-state index in [2.05, 4.69) is 20.9 Å². The molecule has 5 rings (SSSR count). The van der Waals surface area contributed by atoms with Gasteiger partial charge in [0, 0.05) is 25.0 Å². The first-order valence-electron chi connectivity index (χ1n) is 15.9. The van der Waals surface area contributed by atoms with E-state index in [0.29, 0.717) is 30.9 Å². The van der Waals surface area contributed by atoms with E-state index in [0.717, 1.165) is 68.2 Å². The second kappa shape index (κ2) is 15.0. The molecule has 0 spiro atoms. The molecule has 0 unspecified atom stereocenters. The lowest BCUT2D eigenvalue weighted by atomic mass is 9.88. The summed E-state index contributed by atoms with van der Waals surface area (Å²) in [4.78, 5) is 33.4. The van der Waals surface area contributed by atoms with Crippen LogP contribution in [0.25, 0.3) is 11.0 Å². The van der Waals surface area contributed by atoms with Crippen molar-refractivity contribution in [3.63, 3.8) is 0 Å². The molecule has 7 nitrogen and oxygen atoms in total. The van der Waals surface area contributed by atoms with E-state index in [-0.39, 0.29) is 18.4 Å². The Labute approximate surface area is 244 Å². The highest BCUT2D eigenvalue weighted by Gasteiger charge is 2.33. The first-order valence-corrected chi connectivity index (χ1v) is 15.9. The SMILES string of the molecule is O=C(COc1ccccc1)NCCCCCc1nc2ccccc2n1CC(=O)N(C1CCCCC1)C1CCCCC1. The molecule has 0 bridgehead atoms. The molecule has 0 radical (unpaired) electrons. The van der Waals surface area contributed by atoms with Gasteiger partial charge in [-0.3, -0.25) is 9.59 Å². The maximum atomic E-state index is 14.1. The number of benzene rings is 2. The zero-order valence-electron chi connectivity index (χ0n) is 24.4. The molecule has 1 heterocycles. The number of aryl methyl sites for hydroxylation is 1. The minimum absolute atomic E-state index is 0.0286. The molecule has 2 amide bonds. The van der Waals surface area contributed by atoms with Crippen LogP contribution in [0.5, 0.6) is 5.75 Å². The molecular weight excluding hydrogens is 512 g/mol. The molecule has 7 heteroatoms. The largest absolute Gasteiger partial charge is 0.484 e. The van der Waals surface area contributed by atoms with Crippen molar-refractivity contribution in [2.45, 2.75) is 109 Å². The molecule has 220 valence electrons. The summed E-state index contributed by atoms with van der Waals surface area (Å²) in [5, 5.41) is 2.95. The molecule has 2 aromatic carbocycles. The van der Waals surface area contributed by atoms with Gasteiger partial charge in [-0.25, -0.2) is 4.98 Å². The van der Waals surface area contributed by atoms with E-state index in [1.54, 1.807) is 0 Å². The Morgan fingerprint density at radius 2 is 1.49 bits per heavy atom. The minimum atomic E-state index is -0.102. The average molecular weight is 559 g/mol. The third kappa shape index (κ3) is 8.11. The standard InChI is InChI=1S/C34H46N4O3/c39-33(26-41-29-19-9-3-10-20-29)35-24-14-4-11-23-32-36-30-21-12-13-22-31(30)37(32)25-34(40)38(27-15-5-1-6-16-27)28-17-7-2-8-18-28/h3,9-10,12-13,19-22,27-28H,1-2,4-8,11,14-18,23-26H2,(H,35,39). The lowest BCUT2D eigenvalue weighted by Gasteiger charge is -2.42. The number of imidazole rings is 1. The molecule has 2 fully saturated rings. The number of unbranched alkanes of at least 4 members (excludes halogenated alkanes) is 2. The van der Waals surface area contributed by atoms with Crippen LogP contribution in [0.4, 0.5) is 0 Å². The molecule has 1 N–H and O–H groups in total. The van der Waals surface area contributed by atoms with Crippen LogP contribution in [0.1, 0.15) is 89.3 Å². The van der Waals surface area contributed by atoms with Crippen molar-refractivity contribution in [3.05, 3.63) is 60.4 Å². The summed E-state index contributed by atoms with van der Waals surface area (Å²) in [6.07, 6.45) is 15.8. The summed E-state index contributed by atoms with van der Waals surface area (Å²) in [6, 6.07) is 18.4. The Morgan fingerprint density at radius 3 is 2.20 bits per heavy atom. The van der Waals surface area contributed by atoms with Crippen molar-refractivity contribution < 1.29 is 14.3 Å². The molecule has 41 heavy (non-hydrogen) atoms. The Morgan fingerprint density at radius 1 is 0.829 bits per heavy atom. The number of aromatic nitrogens is 2. The van der Waals surface area contributed by atoms with Gasteiger partial charge in [0.2, 0.25) is 5.91 Å². The van der Waals surface area contributed by atoms with E-state index < -0.39 is 0 Å². The Balaban J connectivity index is 1.15. The number of ether oxygens (including phenoxy) is 1. The summed E-state index contributed by atoms with van der Waals surface area (Å²) in [5.74, 6) is 1.86. The predicted molar refractivity (Wildman–Crippen MR) is 163 cm³/mol. The maximum absolute atomic E-state index is 14.1. The van der Waals surface area contributed by atoms with Gasteiger partial charge in [-0.2, -0.15) is 0 Å². The lowest BCUT2D eigenvalue weighted by molar-refractivity contribution is -0.138. The van der Waals surface area contributed by atoms with E-state index in [4.69, 9.17) is 9.72 Å². The Bertz CT molecular complexity index is 1230. The number of para-hydroxylation sites is 3. The van der Waals surface area contributed by atoms with Gasteiger partial charge in [-0.05, 0) is 62.8 Å². The van der Waals surface area contributed by atoms with Crippen LogP contribution in [0.3, 0.4) is 0 Å². The number of carbonyl (C=O) groups excluding carboxylic acids is 2. The first-order chi connectivity index (χ1) is 20.2. The van der Waals surface area contributed by atoms with Crippen molar-refractivity contribution in [2.75, 3.05) is 13.2 Å². The number of rotatable bonds is 13. The van der Waals surface area contributed by atoms with Gasteiger partial charge in [0.05, 0.1) is 11.0 Å². The van der Waals surface area contributed by atoms with E-state index in [1.165, 1.54) is 38.5 Å². The number of carbonyl (C=O) groups is 2. The average Bonchev–Trinajstić information content (AvgIpc) is 3.36. The lowest BCUT2D eigenvalue weighted by Crippen LogP contribution is -2.50. The second-order valence-corrected chi connectivity index (χ2v) is 11.7. The van der Waals surface area contributed by atoms with Crippen molar-refractivity contribution in [2.24, 2.45) is 0 Å². The highest BCUT2D eigenvalue weighted by molar-refractivity contribution is 5.81. The fourth-order valence-corrected chi connectivity index (χ4v) is 6.66. The van der Waals surface area contributed by atoms with Crippen LogP contribution in [0, 0.1) is 0 Å². The van der Waals surface area contributed by atoms with Gasteiger partial charge in [0.1, 0.15) is 18.1 Å². The molecule has 0 saturated heterocycles. The summed E-state index contributed by atoms with van der Waals surface area (Å²) in [7, 11) is 0. The van der Waals surface area contributed by atoms with E-state index in [1.807, 2.05) is 48.5 Å². The van der Waals surface area contributed by atoms with Gasteiger partial charge in [-0.15, -0.1) is 0 Å². The second-order valence-electron chi connectivity index (χ2n) is 11.7. The third-order valence-corrected chi connectivity index (χ3v) is 8.76. The molecule has 3 aromatic rings. The quantitative estimate of drug-likeness (QED) is 0.245. The highest BCUT2D eigenvalue weighted by Crippen LogP contribution is 2.31. The van der Waals surface area contributed by atoms with Gasteiger partial charge in [0.25, 0.3) is 5.91 Å². The van der Waals surface area contributed by atoms with Crippen molar-refractivity contribution in [1.29, 1.82) is 0 Å². The van der Waals surface area contributed by atoms with Crippen LogP contribution in [0.15, 0.2) is 54.6 Å². The third-order valence-electron chi connectivity index (χ3n) is 8.76. The molecule has 0 aliphatic heterocycles. The topological polar surface area (TPSA) is 76.5 Å². The summed E-state index contributed by atoms with van der Waals surface area (Å²) < 4.78 is 7.70. The highest BCUT2D eigenvalue weighted by atomic mass is 16.5. The van der Waals surface area contributed by atoms with Crippen LogP contribution >= 0.6 is 0 Å². The Hall–Kier alpha value is -3.35. The monoisotopic (exact) mass is 558 g/mol. The zero-order valence-corrected chi connectivity index (χ0v) is 24.4. The predicted octanol–water partition coefficient (Wildman–Crippen LogP) is 6.44. The van der Waals surface area contributed by atoms with Gasteiger partial charge < -0.3 is 19.5 Å². The molecule has 2 aliphatic rings. The zero-order chi connectivity index (χ0) is 28.3. The molecule has 0 atom stereocenters. The summed E-state index contributed by atoms with van der Waals surface area (Å²) in [5.41, 5.74) is 2.01. The van der Waals surface area contributed by atoms with Crippen LogP contribution in [-0.2, 0) is 22.6 Å². The van der Waals surface area contributed by atoms with Crippen molar-refractivity contribution in [3.8, 4) is 5.75 Å². The summed E-state index contributed by atoms with van der Waals surface area (Å²) in [6.45, 7) is 1.03. The number of nitrogens with one attached hydrogen (secondary N) is 1. The number of fused-ring (bicyclic) bond motifs is 1. The van der Waals surface area contributed by atoms with E-state index >= 15 is 0 Å². The smallest absolute Gasteiger partial charge is 0.257 e. The number of nitrogens with zero attached hydrogens (tertiary/aromatic N) is 3. The summed E-state index contributed by atoms with van der Waals surface area (Å²) >= 11 is 0. The molecule has 1 aromatic heterocycles. The van der Waals surface area contributed by atoms with Crippen molar-refractivity contribution >= 4 is 22.8 Å². The number of amides is 2. The molecule has 2 aliphatic carbocycles. The Kier molecular flexibility index (Phi) is 10.7. The van der Waals surface area contributed by atoms with Crippen LogP contribution in [0.2, 0.25) is 0 Å². The number of hydrogen-bond donors (Lipinski definition) is 1. The van der Waals surface area contributed by atoms with Crippen molar-refractivity contribution in [1.82, 2.24) is 19.8 Å². The molecular formula is C34H46N4O3. The van der Waals surface area contributed by atoms with E-state index in [9.17, 15) is 9.59 Å². The first kappa shape index (κ1) is 29.2. The van der Waals surface area contributed by atoms with Gasteiger partial charge >= 0.3 is 0 Å². The van der Waals surface area contributed by atoms with Gasteiger partial charge in [-0.1, -0.05) is 75.3 Å². The normalized spacial score (nSPS) is 16.5.